The summed E-state index contributed by atoms with van der Waals surface area (Å²) in [5, 5.41) is 6.17. The lowest BCUT2D eigenvalue weighted by atomic mass is 10.2. The summed E-state index contributed by atoms with van der Waals surface area (Å²) in [6.07, 6.45) is 3.80. The Morgan fingerprint density at radius 2 is 2.22 bits per heavy atom. The maximum atomic E-state index is 11.3. The lowest BCUT2D eigenvalue weighted by Gasteiger charge is -2.12. The Balaban J connectivity index is 1.99. The van der Waals surface area contributed by atoms with Crippen LogP contribution in [0.3, 0.4) is 0 Å². The average Bonchev–Trinajstić information content (AvgIpc) is 2.66. The lowest BCUT2D eigenvalue weighted by Crippen LogP contribution is -2.21. The molecular weight excluding hydrogens is 252 g/mol. The molecule has 1 fully saturated rings. The van der Waals surface area contributed by atoms with Gasteiger partial charge in [0.05, 0.1) is 11.5 Å². The third kappa shape index (κ3) is 3.43. The molecule has 0 aliphatic carbocycles. The Kier molecular flexibility index (Phi) is 3.81. The van der Waals surface area contributed by atoms with Gasteiger partial charge in [-0.1, -0.05) is 6.08 Å². The molecule has 1 saturated heterocycles. The molecule has 1 aromatic rings. The summed E-state index contributed by atoms with van der Waals surface area (Å²) in [5.41, 5.74) is 0. The predicted octanol–water partition coefficient (Wildman–Crippen LogP) is 0.673. The first-order valence-corrected chi connectivity index (χ1v) is 7.55. The van der Waals surface area contributed by atoms with E-state index in [9.17, 15) is 8.42 Å². The van der Waals surface area contributed by atoms with Gasteiger partial charge in [-0.15, -0.1) is 6.58 Å². The molecule has 2 N–H and O–H groups in total. The topological polar surface area (TPSA) is 84.0 Å². The number of rotatable bonds is 5. The Hall–Kier alpha value is -1.63. The summed E-state index contributed by atoms with van der Waals surface area (Å²) in [6, 6.07) is 1.70. The van der Waals surface area contributed by atoms with Crippen LogP contribution in [0.1, 0.15) is 6.42 Å². The van der Waals surface area contributed by atoms with Crippen molar-refractivity contribution >= 4 is 21.5 Å². The minimum atomic E-state index is -2.87. The third-order valence-corrected chi connectivity index (χ3v) is 4.45. The van der Waals surface area contributed by atoms with Gasteiger partial charge in [-0.05, 0) is 6.42 Å². The van der Waals surface area contributed by atoms with Crippen molar-refractivity contribution in [2.45, 2.75) is 12.5 Å². The largest absolute Gasteiger partial charge is 0.366 e. The van der Waals surface area contributed by atoms with Crippen LogP contribution in [0.2, 0.25) is 0 Å². The van der Waals surface area contributed by atoms with Gasteiger partial charge >= 0.3 is 0 Å². The Labute approximate surface area is 106 Å². The highest BCUT2D eigenvalue weighted by molar-refractivity contribution is 7.91. The second-order valence-corrected chi connectivity index (χ2v) is 6.43. The molecule has 0 saturated carbocycles. The summed E-state index contributed by atoms with van der Waals surface area (Å²) >= 11 is 0. The summed E-state index contributed by atoms with van der Waals surface area (Å²) < 4.78 is 22.7. The molecule has 0 amide bonds. The van der Waals surface area contributed by atoms with Gasteiger partial charge in [0.2, 0.25) is 0 Å². The maximum absolute atomic E-state index is 11.3. The highest BCUT2D eigenvalue weighted by Crippen LogP contribution is 2.17. The van der Waals surface area contributed by atoms with Gasteiger partial charge in [-0.2, -0.15) is 0 Å². The van der Waals surface area contributed by atoms with Crippen molar-refractivity contribution in [3.8, 4) is 0 Å². The fourth-order valence-electron chi connectivity index (χ4n) is 1.83. The number of aromatic nitrogens is 2. The molecule has 2 rings (SSSR count). The summed E-state index contributed by atoms with van der Waals surface area (Å²) in [4.78, 5) is 8.13. The van der Waals surface area contributed by atoms with E-state index >= 15 is 0 Å². The number of hydrogen-bond acceptors (Lipinski definition) is 6. The van der Waals surface area contributed by atoms with Crippen molar-refractivity contribution in [2.24, 2.45) is 0 Å². The number of nitrogens with zero attached hydrogens (tertiary/aromatic N) is 2. The molecule has 1 atom stereocenters. The van der Waals surface area contributed by atoms with E-state index in [1.54, 1.807) is 12.1 Å². The zero-order chi connectivity index (χ0) is 13.0. The van der Waals surface area contributed by atoms with E-state index in [0.29, 0.717) is 24.6 Å². The standard InChI is InChI=1S/C11H16N4O2S/c1-2-4-12-10-6-11(14-8-13-10)15-9-3-5-18(16,17)7-9/h2,6,8-9H,1,3-5,7H2,(H2,12,13,14,15). The van der Waals surface area contributed by atoms with Crippen LogP contribution in [0.5, 0.6) is 0 Å². The van der Waals surface area contributed by atoms with Crippen LogP contribution in [0, 0.1) is 0 Å². The first-order valence-electron chi connectivity index (χ1n) is 5.73. The number of hydrogen-bond donors (Lipinski definition) is 2. The van der Waals surface area contributed by atoms with Gasteiger partial charge in [0, 0.05) is 18.7 Å². The van der Waals surface area contributed by atoms with Gasteiger partial charge in [0.25, 0.3) is 0 Å². The highest BCUT2D eigenvalue weighted by Gasteiger charge is 2.27. The second-order valence-electron chi connectivity index (χ2n) is 4.20. The second kappa shape index (κ2) is 5.34. The molecule has 1 aliphatic heterocycles. The van der Waals surface area contributed by atoms with Crippen LogP contribution in [0.4, 0.5) is 11.6 Å². The van der Waals surface area contributed by atoms with Crippen molar-refractivity contribution in [1.82, 2.24) is 9.97 Å². The van der Waals surface area contributed by atoms with E-state index in [1.807, 2.05) is 0 Å². The van der Waals surface area contributed by atoms with Gasteiger partial charge in [0.15, 0.2) is 9.84 Å². The Morgan fingerprint density at radius 1 is 1.44 bits per heavy atom. The SMILES string of the molecule is C=CCNc1cc(NC2CCS(=O)(=O)C2)ncn1. The zero-order valence-corrected chi connectivity index (χ0v) is 10.8. The molecule has 1 aromatic heterocycles. The third-order valence-electron chi connectivity index (χ3n) is 2.68. The number of anilines is 2. The first-order chi connectivity index (χ1) is 8.59. The van der Waals surface area contributed by atoms with Crippen LogP contribution < -0.4 is 10.6 Å². The van der Waals surface area contributed by atoms with Gasteiger partial charge in [-0.3, -0.25) is 0 Å². The Bertz CT molecular complexity index is 530. The quantitative estimate of drug-likeness (QED) is 0.764. The number of sulfone groups is 1. The van der Waals surface area contributed by atoms with Crippen LogP contribution in [-0.4, -0.2) is 42.5 Å². The zero-order valence-electron chi connectivity index (χ0n) is 9.96. The van der Waals surface area contributed by atoms with Crippen molar-refractivity contribution in [3.05, 3.63) is 25.0 Å². The highest BCUT2D eigenvalue weighted by atomic mass is 32.2. The molecule has 0 bridgehead atoms. The fraction of sp³-hybridized carbons (Fsp3) is 0.455. The molecule has 0 spiro atoms. The van der Waals surface area contributed by atoms with Crippen LogP contribution >= 0.6 is 0 Å². The smallest absolute Gasteiger partial charge is 0.152 e. The van der Waals surface area contributed by atoms with E-state index in [2.05, 4.69) is 27.2 Å². The molecule has 0 aromatic carbocycles. The summed E-state index contributed by atoms with van der Waals surface area (Å²) in [6.45, 7) is 4.23. The van der Waals surface area contributed by atoms with Crippen LogP contribution in [0.25, 0.3) is 0 Å². The summed E-state index contributed by atoms with van der Waals surface area (Å²) in [7, 11) is -2.87. The van der Waals surface area contributed by atoms with E-state index in [4.69, 9.17) is 0 Å². The average molecular weight is 268 g/mol. The van der Waals surface area contributed by atoms with Crippen molar-refractivity contribution in [2.75, 3.05) is 28.7 Å². The maximum Gasteiger partial charge on any atom is 0.152 e. The first kappa shape index (κ1) is 12.8. The van der Waals surface area contributed by atoms with Crippen molar-refractivity contribution in [3.63, 3.8) is 0 Å². The van der Waals surface area contributed by atoms with Gasteiger partial charge < -0.3 is 10.6 Å². The normalized spacial score (nSPS) is 21.4. The molecule has 1 unspecified atom stereocenters. The van der Waals surface area contributed by atoms with E-state index < -0.39 is 9.84 Å². The molecule has 0 radical (unpaired) electrons. The monoisotopic (exact) mass is 268 g/mol. The van der Waals surface area contributed by atoms with Crippen LogP contribution in [0.15, 0.2) is 25.0 Å². The molecular formula is C11H16N4O2S. The number of nitrogens with one attached hydrogen (secondary N) is 2. The van der Waals surface area contributed by atoms with Crippen molar-refractivity contribution in [1.29, 1.82) is 0 Å². The molecule has 2 heterocycles. The van der Waals surface area contributed by atoms with E-state index in [0.717, 1.165) is 0 Å². The van der Waals surface area contributed by atoms with Gasteiger partial charge in [0.1, 0.15) is 18.0 Å². The lowest BCUT2D eigenvalue weighted by molar-refractivity contribution is 0.602. The molecule has 7 heteroatoms. The molecule has 6 nitrogen and oxygen atoms in total. The fourth-order valence-corrected chi connectivity index (χ4v) is 3.50. The van der Waals surface area contributed by atoms with E-state index in [-0.39, 0.29) is 17.5 Å². The molecule has 18 heavy (non-hydrogen) atoms. The minimum absolute atomic E-state index is 0.0582. The Morgan fingerprint density at radius 3 is 2.89 bits per heavy atom. The summed E-state index contributed by atoms with van der Waals surface area (Å²) in [5.74, 6) is 1.75. The van der Waals surface area contributed by atoms with Gasteiger partial charge in [-0.25, -0.2) is 18.4 Å². The minimum Gasteiger partial charge on any atom is -0.366 e. The molecule has 98 valence electrons. The van der Waals surface area contributed by atoms with Crippen LogP contribution in [-0.2, 0) is 9.84 Å². The molecule has 1 aliphatic rings. The van der Waals surface area contributed by atoms with Crippen molar-refractivity contribution < 1.29 is 8.42 Å². The van der Waals surface area contributed by atoms with E-state index in [1.165, 1.54) is 6.33 Å². The predicted molar refractivity (Wildman–Crippen MR) is 71.4 cm³/mol.